The SMILES string of the molecule is Cc1ccc(-n2c(SCc3ccc([N+](=O)[O-])cc3)nc3sc4c(c3c2=O)CCCC4)cc1C. The van der Waals surface area contributed by atoms with Crippen LogP contribution in [-0.2, 0) is 18.6 Å². The van der Waals surface area contributed by atoms with Crippen LogP contribution < -0.4 is 5.56 Å². The molecular formula is C25H23N3O3S2. The smallest absolute Gasteiger partial charge is 0.268 e. The van der Waals surface area contributed by atoms with Gasteiger partial charge < -0.3 is 0 Å². The standard InChI is InChI=1S/C25H23N3O3S2/c1-15-7-10-19(13-16(15)2)27-24(29)22-20-5-3-4-6-21(20)33-23(22)26-25(27)32-14-17-8-11-18(12-9-17)28(30)31/h7-13H,3-6,14H2,1-2H3. The van der Waals surface area contributed by atoms with Crippen molar-refractivity contribution >= 4 is 39.0 Å². The third kappa shape index (κ3) is 4.09. The number of thioether (sulfide) groups is 1. The topological polar surface area (TPSA) is 78.0 Å². The number of hydrogen-bond acceptors (Lipinski definition) is 6. The predicted octanol–water partition coefficient (Wildman–Crippen LogP) is 6.14. The molecule has 8 heteroatoms. The Kier molecular flexibility index (Phi) is 5.80. The lowest BCUT2D eigenvalue weighted by Crippen LogP contribution is -2.22. The summed E-state index contributed by atoms with van der Waals surface area (Å²) in [6.07, 6.45) is 4.23. The summed E-state index contributed by atoms with van der Waals surface area (Å²) in [5.74, 6) is 0.561. The average molecular weight is 478 g/mol. The molecule has 0 N–H and O–H groups in total. The van der Waals surface area contributed by atoms with Crippen molar-refractivity contribution in [2.24, 2.45) is 0 Å². The monoisotopic (exact) mass is 477 g/mol. The Morgan fingerprint density at radius 2 is 1.85 bits per heavy atom. The van der Waals surface area contributed by atoms with Gasteiger partial charge in [-0.05, 0) is 73.9 Å². The number of aromatic nitrogens is 2. The summed E-state index contributed by atoms with van der Waals surface area (Å²) < 4.78 is 1.74. The Bertz CT molecular complexity index is 1440. The van der Waals surface area contributed by atoms with E-state index >= 15 is 0 Å². The Hall–Kier alpha value is -2.97. The van der Waals surface area contributed by atoms with E-state index in [9.17, 15) is 14.9 Å². The van der Waals surface area contributed by atoms with E-state index in [1.54, 1.807) is 28.0 Å². The van der Waals surface area contributed by atoms with Crippen molar-refractivity contribution in [2.45, 2.75) is 50.4 Å². The van der Waals surface area contributed by atoms with Crippen LogP contribution in [0.5, 0.6) is 0 Å². The molecule has 2 heterocycles. The first-order chi connectivity index (χ1) is 15.9. The van der Waals surface area contributed by atoms with Crippen molar-refractivity contribution in [3.8, 4) is 5.69 Å². The maximum Gasteiger partial charge on any atom is 0.269 e. The van der Waals surface area contributed by atoms with Gasteiger partial charge >= 0.3 is 0 Å². The van der Waals surface area contributed by atoms with Crippen LogP contribution in [0.3, 0.4) is 0 Å². The molecule has 0 saturated heterocycles. The fraction of sp³-hybridized carbons (Fsp3) is 0.280. The lowest BCUT2D eigenvalue weighted by molar-refractivity contribution is -0.384. The molecule has 0 saturated carbocycles. The summed E-state index contributed by atoms with van der Waals surface area (Å²) in [6, 6.07) is 12.6. The maximum absolute atomic E-state index is 13.9. The number of hydrogen-bond donors (Lipinski definition) is 0. The van der Waals surface area contributed by atoms with E-state index in [0.29, 0.717) is 10.9 Å². The quantitative estimate of drug-likeness (QED) is 0.149. The van der Waals surface area contributed by atoms with Gasteiger partial charge in [0.1, 0.15) is 4.83 Å². The zero-order valence-corrected chi connectivity index (χ0v) is 20.1. The largest absolute Gasteiger partial charge is 0.269 e. The summed E-state index contributed by atoms with van der Waals surface area (Å²) >= 11 is 3.13. The van der Waals surface area contributed by atoms with Crippen molar-refractivity contribution in [1.29, 1.82) is 0 Å². The molecular weight excluding hydrogens is 454 g/mol. The molecule has 0 aliphatic heterocycles. The average Bonchev–Trinajstić information content (AvgIpc) is 3.18. The van der Waals surface area contributed by atoms with Gasteiger partial charge in [0, 0.05) is 22.8 Å². The molecule has 4 aromatic rings. The minimum absolute atomic E-state index is 0.00569. The minimum Gasteiger partial charge on any atom is -0.268 e. The molecule has 1 aliphatic rings. The Morgan fingerprint density at radius 1 is 1.09 bits per heavy atom. The molecule has 2 aromatic carbocycles. The summed E-state index contributed by atoms with van der Waals surface area (Å²) in [5, 5.41) is 12.4. The molecule has 0 unspecified atom stereocenters. The van der Waals surface area contributed by atoms with E-state index in [2.05, 4.69) is 6.92 Å². The number of nitro groups is 1. The summed E-state index contributed by atoms with van der Waals surface area (Å²) in [6.45, 7) is 4.11. The number of nitrogens with zero attached hydrogens (tertiary/aromatic N) is 3. The molecule has 0 bridgehead atoms. The third-order valence-electron chi connectivity index (χ3n) is 6.22. The van der Waals surface area contributed by atoms with Gasteiger partial charge in [-0.3, -0.25) is 19.5 Å². The van der Waals surface area contributed by atoms with Crippen LogP contribution in [-0.4, -0.2) is 14.5 Å². The first-order valence-electron chi connectivity index (χ1n) is 10.9. The number of non-ortho nitro benzene ring substituents is 1. The molecule has 0 amide bonds. The minimum atomic E-state index is -0.400. The highest BCUT2D eigenvalue weighted by molar-refractivity contribution is 7.98. The predicted molar refractivity (Wildman–Crippen MR) is 134 cm³/mol. The Balaban J connectivity index is 1.62. The Labute approximate surface area is 199 Å². The number of benzene rings is 2. The molecule has 5 rings (SSSR count). The zero-order valence-electron chi connectivity index (χ0n) is 18.5. The molecule has 1 aliphatic carbocycles. The lowest BCUT2D eigenvalue weighted by Gasteiger charge is -2.14. The Morgan fingerprint density at radius 3 is 2.58 bits per heavy atom. The highest BCUT2D eigenvalue weighted by Gasteiger charge is 2.23. The molecule has 0 fully saturated rings. The van der Waals surface area contributed by atoms with Crippen LogP contribution in [0, 0.1) is 24.0 Å². The number of fused-ring (bicyclic) bond motifs is 3. The summed E-state index contributed by atoms with van der Waals surface area (Å²) in [5.41, 5.74) is 5.31. The van der Waals surface area contributed by atoms with Gasteiger partial charge in [-0.25, -0.2) is 4.98 Å². The molecule has 33 heavy (non-hydrogen) atoms. The zero-order chi connectivity index (χ0) is 23.1. The van der Waals surface area contributed by atoms with E-state index in [-0.39, 0.29) is 11.2 Å². The van der Waals surface area contributed by atoms with Crippen LogP contribution in [0.15, 0.2) is 52.4 Å². The van der Waals surface area contributed by atoms with Crippen LogP contribution in [0.1, 0.15) is 40.0 Å². The molecule has 0 radical (unpaired) electrons. The third-order valence-corrected chi connectivity index (χ3v) is 8.42. The van der Waals surface area contributed by atoms with Gasteiger partial charge in [0.05, 0.1) is 16.0 Å². The molecule has 0 atom stereocenters. The second kappa shape index (κ2) is 8.76. The number of thiophene rings is 1. The molecule has 2 aromatic heterocycles. The normalized spacial score (nSPS) is 13.3. The van der Waals surface area contributed by atoms with E-state index in [0.717, 1.165) is 52.7 Å². The summed E-state index contributed by atoms with van der Waals surface area (Å²) in [4.78, 5) is 31.5. The highest BCUT2D eigenvalue weighted by Crippen LogP contribution is 2.36. The van der Waals surface area contributed by atoms with Gasteiger partial charge in [0.15, 0.2) is 5.16 Å². The number of rotatable bonds is 5. The van der Waals surface area contributed by atoms with E-state index in [4.69, 9.17) is 4.98 Å². The fourth-order valence-corrected chi connectivity index (χ4v) is 6.51. The number of nitro benzene ring substituents is 1. The van der Waals surface area contributed by atoms with Crippen molar-refractivity contribution in [1.82, 2.24) is 9.55 Å². The summed E-state index contributed by atoms with van der Waals surface area (Å²) in [7, 11) is 0. The first-order valence-corrected chi connectivity index (χ1v) is 12.7. The second-order valence-electron chi connectivity index (χ2n) is 8.41. The van der Waals surface area contributed by atoms with Crippen LogP contribution >= 0.6 is 23.1 Å². The fourth-order valence-electron chi connectivity index (χ4n) is 4.24. The van der Waals surface area contributed by atoms with Gasteiger partial charge in [0.25, 0.3) is 11.2 Å². The number of aryl methyl sites for hydroxylation is 4. The van der Waals surface area contributed by atoms with Crippen LogP contribution in [0.25, 0.3) is 15.9 Å². The second-order valence-corrected chi connectivity index (χ2v) is 10.4. The van der Waals surface area contributed by atoms with Crippen molar-refractivity contribution in [3.05, 3.63) is 90.1 Å². The highest BCUT2D eigenvalue weighted by atomic mass is 32.2. The van der Waals surface area contributed by atoms with Crippen molar-refractivity contribution in [3.63, 3.8) is 0 Å². The van der Waals surface area contributed by atoms with Crippen LogP contribution in [0.2, 0.25) is 0 Å². The van der Waals surface area contributed by atoms with Gasteiger partial charge in [-0.1, -0.05) is 30.0 Å². The van der Waals surface area contributed by atoms with Crippen molar-refractivity contribution in [2.75, 3.05) is 0 Å². The first kappa shape index (κ1) is 21.9. The van der Waals surface area contributed by atoms with Gasteiger partial charge in [-0.2, -0.15) is 0 Å². The lowest BCUT2D eigenvalue weighted by atomic mass is 9.97. The van der Waals surface area contributed by atoms with E-state index in [1.807, 2.05) is 25.1 Å². The van der Waals surface area contributed by atoms with Crippen molar-refractivity contribution < 1.29 is 4.92 Å². The van der Waals surface area contributed by atoms with Crippen LogP contribution in [0.4, 0.5) is 5.69 Å². The van der Waals surface area contributed by atoms with E-state index in [1.165, 1.54) is 39.9 Å². The van der Waals surface area contributed by atoms with E-state index < -0.39 is 4.92 Å². The maximum atomic E-state index is 13.9. The molecule has 0 spiro atoms. The molecule has 6 nitrogen and oxygen atoms in total. The van der Waals surface area contributed by atoms with Gasteiger partial charge in [0.2, 0.25) is 0 Å². The molecule has 168 valence electrons. The van der Waals surface area contributed by atoms with Gasteiger partial charge in [-0.15, -0.1) is 11.3 Å².